The topological polar surface area (TPSA) is 69.6 Å². The van der Waals surface area contributed by atoms with E-state index in [-0.39, 0.29) is 18.4 Å². The highest BCUT2D eigenvalue weighted by Crippen LogP contribution is 2.19. The van der Waals surface area contributed by atoms with Crippen LogP contribution in [0.1, 0.15) is 52.4 Å². The van der Waals surface area contributed by atoms with Crippen molar-refractivity contribution in [2.75, 3.05) is 13.1 Å². The van der Waals surface area contributed by atoms with E-state index in [1.54, 1.807) is 0 Å². The van der Waals surface area contributed by atoms with E-state index in [2.05, 4.69) is 12.2 Å². The highest BCUT2D eigenvalue weighted by Gasteiger charge is 2.25. The highest BCUT2D eigenvalue weighted by molar-refractivity contribution is 5.74. The van der Waals surface area contributed by atoms with Crippen LogP contribution in [0.3, 0.4) is 0 Å². The fourth-order valence-electron chi connectivity index (χ4n) is 2.63. The van der Waals surface area contributed by atoms with Crippen LogP contribution >= 0.6 is 0 Å². The molecule has 5 heteroatoms. The molecular formula is C14H26N2O3. The maximum Gasteiger partial charge on any atom is 0.317 e. The second-order valence-corrected chi connectivity index (χ2v) is 5.31. The van der Waals surface area contributed by atoms with E-state index in [9.17, 15) is 9.59 Å². The number of aliphatic carboxylic acids is 1. The quantitative estimate of drug-likeness (QED) is 0.779. The minimum Gasteiger partial charge on any atom is -0.481 e. The molecule has 0 spiro atoms. The van der Waals surface area contributed by atoms with E-state index in [1.165, 1.54) is 6.42 Å². The zero-order chi connectivity index (χ0) is 14.3. The molecule has 1 heterocycles. The molecule has 2 N–H and O–H groups in total. The molecule has 0 radical (unpaired) electrons. The molecule has 5 nitrogen and oxygen atoms in total. The van der Waals surface area contributed by atoms with Gasteiger partial charge in [0.25, 0.3) is 0 Å². The highest BCUT2D eigenvalue weighted by atomic mass is 16.4. The van der Waals surface area contributed by atoms with Gasteiger partial charge in [0.05, 0.1) is 0 Å². The van der Waals surface area contributed by atoms with Crippen molar-refractivity contribution >= 4 is 12.0 Å². The normalized spacial score (nSPS) is 20.9. The number of carbonyl (C=O) groups is 2. The fourth-order valence-corrected chi connectivity index (χ4v) is 2.63. The number of rotatable bonds is 6. The van der Waals surface area contributed by atoms with Crippen LogP contribution in [0.5, 0.6) is 0 Å². The van der Waals surface area contributed by atoms with E-state index in [1.807, 2.05) is 11.8 Å². The summed E-state index contributed by atoms with van der Waals surface area (Å²) in [6, 6.07) is 0.309. The molecule has 0 aromatic rings. The third-order valence-corrected chi connectivity index (χ3v) is 3.94. The number of carboxylic acid groups (broad SMARTS) is 1. The lowest BCUT2D eigenvalue weighted by Crippen LogP contribution is -2.49. The van der Waals surface area contributed by atoms with Gasteiger partial charge in [-0.25, -0.2) is 4.79 Å². The van der Waals surface area contributed by atoms with Gasteiger partial charge in [-0.3, -0.25) is 4.79 Å². The summed E-state index contributed by atoms with van der Waals surface area (Å²) in [5.41, 5.74) is 0. The number of urea groups is 1. The summed E-state index contributed by atoms with van der Waals surface area (Å²) in [6.07, 6.45) is 5.21. The molecule has 0 aromatic carbocycles. The number of hydrogen-bond acceptors (Lipinski definition) is 2. The van der Waals surface area contributed by atoms with Crippen LogP contribution in [0.4, 0.5) is 4.79 Å². The van der Waals surface area contributed by atoms with Crippen LogP contribution in [0, 0.1) is 5.92 Å². The van der Waals surface area contributed by atoms with Gasteiger partial charge in [0.1, 0.15) is 0 Å². The fraction of sp³-hybridized carbons (Fsp3) is 0.857. The maximum absolute atomic E-state index is 12.1. The van der Waals surface area contributed by atoms with E-state index in [0.717, 1.165) is 32.2 Å². The average Bonchev–Trinajstić information content (AvgIpc) is 2.42. The lowest BCUT2D eigenvalue weighted by molar-refractivity contribution is -0.138. The minimum atomic E-state index is -0.800. The Morgan fingerprint density at radius 1 is 1.37 bits per heavy atom. The van der Waals surface area contributed by atoms with Crippen molar-refractivity contribution in [1.29, 1.82) is 0 Å². The summed E-state index contributed by atoms with van der Waals surface area (Å²) in [7, 11) is 0. The molecule has 0 bridgehead atoms. The third kappa shape index (κ3) is 5.09. The van der Waals surface area contributed by atoms with Gasteiger partial charge in [-0.15, -0.1) is 0 Å². The molecule has 0 aromatic heterocycles. The van der Waals surface area contributed by atoms with Crippen molar-refractivity contribution in [2.45, 2.75) is 58.4 Å². The monoisotopic (exact) mass is 270 g/mol. The lowest BCUT2D eigenvalue weighted by atomic mass is 10.0. The summed E-state index contributed by atoms with van der Waals surface area (Å²) < 4.78 is 0. The summed E-state index contributed by atoms with van der Waals surface area (Å²) in [6.45, 7) is 5.33. The molecule has 1 rings (SSSR count). The molecule has 0 saturated carbocycles. The first-order valence-electron chi connectivity index (χ1n) is 7.34. The number of piperidine rings is 1. The van der Waals surface area contributed by atoms with Crippen LogP contribution in [0.25, 0.3) is 0 Å². The standard InChI is InChI=1S/C14H26N2O3/c1-3-11(9-13(17)18)10-15-14(19)16-8-6-5-7-12(16)4-2/h11-12H,3-10H2,1-2H3,(H,15,19)(H,17,18). The van der Waals surface area contributed by atoms with Crippen LogP contribution in [-0.4, -0.2) is 41.1 Å². The van der Waals surface area contributed by atoms with Gasteiger partial charge in [-0.1, -0.05) is 20.3 Å². The minimum absolute atomic E-state index is 0.0197. The number of likely N-dealkylation sites (tertiary alicyclic amines) is 1. The zero-order valence-corrected chi connectivity index (χ0v) is 12.0. The summed E-state index contributed by atoms with van der Waals surface area (Å²) in [5.74, 6) is -0.781. The summed E-state index contributed by atoms with van der Waals surface area (Å²) in [5, 5.41) is 11.7. The first kappa shape index (κ1) is 15.8. The van der Waals surface area contributed by atoms with E-state index in [0.29, 0.717) is 12.6 Å². The Kier molecular flexibility index (Phi) is 6.67. The largest absolute Gasteiger partial charge is 0.481 e. The Morgan fingerprint density at radius 2 is 2.11 bits per heavy atom. The van der Waals surface area contributed by atoms with Gasteiger partial charge in [-0.05, 0) is 31.6 Å². The SMILES string of the molecule is CCC(CNC(=O)N1CCCCC1CC)CC(=O)O. The molecule has 2 amide bonds. The van der Waals surface area contributed by atoms with Crippen LogP contribution < -0.4 is 5.32 Å². The van der Waals surface area contributed by atoms with Crippen molar-refractivity contribution < 1.29 is 14.7 Å². The molecule has 2 atom stereocenters. The van der Waals surface area contributed by atoms with Crippen molar-refractivity contribution in [2.24, 2.45) is 5.92 Å². The molecule has 1 aliphatic rings. The van der Waals surface area contributed by atoms with E-state index >= 15 is 0 Å². The molecule has 0 aliphatic carbocycles. The van der Waals surface area contributed by atoms with Gasteiger partial charge >= 0.3 is 12.0 Å². The number of carboxylic acids is 1. The van der Waals surface area contributed by atoms with E-state index < -0.39 is 5.97 Å². The first-order chi connectivity index (χ1) is 9.08. The van der Waals surface area contributed by atoms with Gasteiger partial charge < -0.3 is 15.3 Å². The number of hydrogen-bond donors (Lipinski definition) is 2. The van der Waals surface area contributed by atoms with Gasteiger partial charge in [0.2, 0.25) is 0 Å². The number of nitrogens with zero attached hydrogens (tertiary/aromatic N) is 1. The zero-order valence-electron chi connectivity index (χ0n) is 12.0. The van der Waals surface area contributed by atoms with Crippen molar-refractivity contribution in [3.05, 3.63) is 0 Å². The van der Waals surface area contributed by atoms with Crippen LogP contribution in [0.2, 0.25) is 0 Å². The molecule has 2 unspecified atom stereocenters. The Balaban J connectivity index is 2.42. The second-order valence-electron chi connectivity index (χ2n) is 5.31. The molecular weight excluding hydrogens is 244 g/mol. The summed E-state index contributed by atoms with van der Waals surface area (Å²) >= 11 is 0. The smallest absolute Gasteiger partial charge is 0.317 e. The third-order valence-electron chi connectivity index (χ3n) is 3.94. The average molecular weight is 270 g/mol. The lowest BCUT2D eigenvalue weighted by Gasteiger charge is -2.35. The van der Waals surface area contributed by atoms with Crippen molar-refractivity contribution in [3.8, 4) is 0 Å². The molecule has 1 fully saturated rings. The Labute approximate surface area is 115 Å². The Morgan fingerprint density at radius 3 is 2.68 bits per heavy atom. The molecule has 110 valence electrons. The van der Waals surface area contributed by atoms with Gasteiger partial charge in [-0.2, -0.15) is 0 Å². The predicted octanol–water partition coefficient (Wildman–Crippen LogP) is 2.46. The molecule has 19 heavy (non-hydrogen) atoms. The van der Waals surface area contributed by atoms with Crippen molar-refractivity contribution in [1.82, 2.24) is 10.2 Å². The second kappa shape index (κ2) is 8.02. The molecule has 1 saturated heterocycles. The Bertz CT molecular complexity index is 307. The maximum atomic E-state index is 12.1. The molecule has 1 aliphatic heterocycles. The van der Waals surface area contributed by atoms with Crippen LogP contribution in [-0.2, 0) is 4.79 Å². The van der Waals surface area contributed by atoms with Crippen molar-refractivity contribution in [3.63, 3.8) is 0 Å². The predicted molar refractivity (Wildman–Crippen MR) is 74.1 cm³/mol. The Hall–Kier alpha value is -1.26. The van der Waals surface area contributed by atoms with Gasteiger partial charge in [0, 0.05) is 25.6 Å². The number of amides is 2. The van der Waals surface area contributed by atoms with E-state index in [4.69, 9.17) is 5.11 Å². The summed E-state index contributed by atoms with van der Waals surface area (Å²) in [4.78, 5) is 24.7. The number of nitrogens with one attached hydrogen (secondary N) is 1. The van der Waals surface area contributed by atoms with Crippen LogP contribution in [0.15, 0.2) is 0 Å². The first-order valence-corrected chi connectivity index (χ1v) is 7.34. The number of carbonyl (C=O) groups excluding carboxylic acids is 1. The van der Waals surface area contributed by atoms with Gasteiger partial charge in [0.15, 0.2) is 0 Å².